The maximum Gasteiger partial charge on any atom is 0.185 e. The molecule has 4 nitrogen and oxygen atoms in total. The molecule has 0 aromatic carbocycles. The van der Waals surface area contributed by atoms with Gasteiger partial charge in [-0.25, -0.2) is 0 Å². The molecule has 0 aromatic rings. The Morgan fingerprint density at radius 2 is 1.19 bits per heavy atom. The number of ketones is 2. The van der Waals surface area contributed by atoms with Crippen LogP contribution in [0.15, 0.2) is 85.3 Å². The first-order valence-electron chi connectivity index (χ1n) is 6.32. The second kappa shape index (κ2) is 11.1. The topological polar surface area (TPSA) is 52.6 Å². The van der Waals surface area contributed by atoms with Crippen LogP contribution in [0.25, 0.3) is 0 Å². The summed E-state index contributed by atoms with van der Waals surface area (Å²) in [5.74, 6) is -0.495. The summed E-state index contributed by atoms with van der Waals surface area (Å²) in [6.07, 6.45) is 22.7. The first kappa shape index (κ1) is 16.3. The highest BCUT2D eigenvalue weighted by Crippen LogP contribution is 1.90. The summed E-state index contributed by atoms with van der Waals surface area (Å²) < 4.78 is 0. The highest BCUT2D eigenvalue weighted by atomic mass is 17.2. The number of carbonyl (C=O) groups excluding carboxylic acids is 2. The molecule has 0 aliphatic carbocycles. The van der Waals surface area contributed by atoms with Crippen molar-refractivity contribution in [3.8, 4) is 0 Å². The SMILES string of the molecule is O=C1C=CC=CC=CC=CC=CC=CC(=O)COOC=C1. The van der Waals surface area contributed by atoms with Crippen molar-refractivity contribution in [2.75, 3.05) is 6.61 Å². The van der Waals surface area contributed by atoms with Gasteiger partial charge in [-0.15, -0.1) is 0 Å². The van der Waals surface area contributed by atoms with Crippen molar-refractivity contribution in [2.24, 2.45) is 0 Å². The summed E-state index contributed by atoms with van der Waals surface area (Å²) in [4.78, 5) is 31.9. The van der Waals surface area contributed by atoms with E-state index in [1.54, 1.807) is 36.5 Å². The third kappa shape index (κ3) is 9.81. The second-order valence-electron chi connectivity index (χ2n) is 3.79. The number of hydrogen-bond acceptors (Lipinski definition) is 4. The maximum atomic E-state index is 11.3. The number of hydrogen-bond donors (Lipinski definition) is 0. The van der Waals surface area contributed by atoms with Gasteiger partial charge in [-0.3, -0.25) is 9.59 Å². The van der Waals surface area contributed by atoms with Crippen LogP contribution < -0.4 is 0 Å². The van der Waals surface area contributed by atoms with Crippen molar-refractivity contribution >= 4 is 11.6 Å². The summed E-state index contributed by atoms with van der Waals surface area (Å²) in [7, 11) is 0. The monoisotopic (exact) mass is 284 g/mol. The number of carbonyl (C=O) groups is 2. The van der Waals surface area contributed by atoms with Crippen LogP contribution in [0.5, 0.6) is 0 Å². The molecule has 0 N–H and O–H groups in total. The average molecular weight is 284 g/mol. The molecule has 1 aliphatic heterocycles. The zero-order chi connectivity index (χ0) is 15.2. The highest BCUT2D eigenvalue weighted by Gasteiger charge is 1.95. The lowest BCUT2D eigenvalue weighted by Crippen LogP contribution is -2.04. The standard InChI is InChI=1S/C17H16O4/c18-16-11-9-7-5-3-1-2-4-6-8-10-12-17(19)15-21-20-14-13-16/h1-14H,15H2. The molecule has 0 saturated carbocycles. The fourth-order valence-electron chi connectivity index (χ4n) is 1.16. The van der Waals surface area contributed by atoms with Crippen LogP contribution in [0.2, 0.25) is 0 Å². The van der Waals surface area contributed by atoms with Gasteiger partial charge in [0.2, 0.25) is 0 Å². The van der Waals surface area contributed by atoms with Gasteiger partial charge >= 0.3 is 0 Å². The lowest BCUT2D eigenvalue weighted by molar-refractivity contribution is -0.243. The van der Waals surface area contributed by atoms with Gasteiger partial charge in [-0.05, 0) is 12.2 Å². The third-order valence-corrected chi connectivity index (χ3v) is 2.10. The van der Waals surface area contributed by atoms with E-state index in [1.807, 2.05) is 24.3 Å². The molecule has 0 unspecified atom stereocenters. The van der Waals surface area contributed by atoms with Gasteiger partial charge in [0.1, 0.15) is 6.26 Å². The van der Waals surface area contributed by atoms with E-state index in [2.05, 4.69) is 9.78 Å². The largest absolute Gasteiger partial charge is 0.345 e. The van der Waals surface area contributed by atoms with Crippen LogP contribution in [0, 0.1) is 0 Å². The summed E-state index contributed by atoms with van der Waals surface area (Å²) >= 11 is 0. The minimum Gasteiger partial charge on any atom is -0.345 e. The average Bonchev–Trinajstić information content (AvgIpc) is 2.47. The predicted molar refractivity (Wildman–Crippen MR) is 81.0 cm³/mol. The van der Waals surface area contributed by atoms with Gasteiger partial charge in [-0.1, -0.05) is 60.8 Å². The molecule has 0 spiro atoms. The van der Waals surface area contributed by atoms with Crippen LogP contribution in [0.3, 0.4) is 0 Å². The van der Waals surface area contributed by atoms with Crippen LogP contribution >= 0.6 is 0 Å². The van der Waals surface area contributed by atoms with Gasteiger partial charge in [0.05, 0.1) is 0 Å². The van der Waals surface area contributed by atoms with Crippen molar-refractivity contribution in [2.45, 2.75) is 0 Å². The third-order valence-electron chi connectivity index (χ3n) is 2.10. The Hall–Kier alpha value is -2.72. The van der Waals surface area contributed by atoms with E-state index in [4.69, 9.17) is 0 Å². The molecule has 0 fully saturated rings. The van der Waals surface area contributed by atoms with Crippen LogP contribution in [-0.2, 0) is 19.4 Å². The highest BCUT2D eigenvalue weighted by molar-refractivity contribution is 5.99. The first-order valence-corrected chi connectivity index (χ1v) is 6.32. The van der Waals surface area contributed by atoms with E-state index < -0.39 is 0 Å². The van der Waals surface area contributed by atoms with Crippen LogP contribution in [-0.4, -0.2) is 18.2 Å². The molecule has 4 heteroatoms. The molecule has 0 amide bonds. The van der Waals surface area contributed by atoms with E-state index in [0.717, 1.165) is 6.26 Å². The van der Waals surface area contributed by atoms with Gasteiger partial charge in [0.15, 0.2) is 18.2 Å². The zero-order valence-corrected chi connectivity index (χ0v) is 11.4. The van der Waals surface area contributed by atoms with E-state index >= 15 is 0 Å². The van der Waals surface area contributed by atoms with Gasteiger partial charge < -0.3 is 4.89 Å². The molecular formula is C17H16O4. The lowest BCUT2D eigenvalue weighted by Gasteiger charge is -1.96. The quantitative estimate of drug-likeness (QED) is 0.642. The predicted octanol–water partition coefficient (Wildman–Crippen LogP) is 2.94. The minimum atomic E-state index is -0.250. The summed E-state index contributed by atoms with van der Waals surface area (Å²) in [6, 6.07) is 0. The van der Waals surface area contributed by atoms with E-state index in [0.29, 0.717) is 0 Å². The molecule has 0 atom stereocenters. The second-order valence-corrected chi connectivity index (χ2v) is 3.79. The Morgan fingerprint density at radius 1 is 0.667 bits per heavy atom. The van der Waals surface area contributed by atoms with Crippen molar-refractivity contribution < 1.29 is 19.4 Å². The molecule has 0 aromatic heterocycles. The van der Waals surface area contributed by atoms with Crippen molar-refractivity contribution in [3.05, 3.63) is 85.3 Å². The molecule has 108 valence electrons. The van der Waals surface area contributed by atoms with Crippen LogP contribution in [0.4, 0.5) is 0 Å². The molecule has 0 saturated heterocycles. The molecule has 1 heterocycles. The lowest BCUT2D eigenvalue weighted by atomic mass is 10.3. The Kier molecular flexibility index (Phi) is 8.66. The summed E-state index contributed by atoms with van der Waals surface area (Å²) in [5, 5.41) is 0. The molecule has 21 heavy (non-hydrogen) atoms. The number of allylic oxidation sites excluding steroid dienone is 12. The molecular weight excluding hydrogens is 268 g/mol. The Labute approximate surface area is 123 Å². The van der Waals surface area contributed by atoms with Crippen molar-refractivity contribution in [3.63, 3.8) is 0 Å². The van der Waals surface area contributed by atoms with E-state index in [-0.39, 0.29) is 18.2 Å². The molecule has 0 radical (unpaired) electrons. The van der Waals surface area contributed by atoms with Gasteiger partial charge in [0, 0.05) is 6.08 Å². The minimum absolute atomic E-state index is 0.222. The maximum absolute atomic E-state index is 11.3. The zero-order valence-electron chi connectivity index (χ0n) is 11.4. The Bertz CT molecular complexity index is 543. The smallest absolute Gasteiger partial charge is 0.185 e. The van der Waals surface area contributed by atoms with Gasteiger partial charge in [-0.2, -0.15) is 4.89 Å². The fourth-order valence-corrected chi connectivity index (χ4v) is 1.16. The fraction of sp³-hybridized carbons (Fsp3) is 0.0588. The Morgan fingerprint density at radius 3 is 1.81 bits per heavy atom. The molecule has 0 bridgehead atoms. The van der Waals surface area contributed by atoms with Crippen LogP contribution in [0.1, 0.15) is 0 Å². The van der Waals surface area contributed by atoms with E-state index in [1.165, 1.54) is 18.2 Å². The summed E-state index contributed by atoms with van der Waals surface area (Å²) in [5.41, 5.74) is 0. The first-order chi connectivity index (χ1) is 10.3. The van der Waals surface area contributed by atoms with Crippen molar-refractivity contribution in [1.29, 1.82) is 0 Å². The van der Waals surface area contributed by atoms with Crippen molar-refractivity contribution in [1.82, 2.24) is 0 Å². The normalized spacial score (nSPS) is 17.3. The summed E-state index contributed by atoms with van der Waals surface area (Å²) in [6.45, 7) is -0.222. The number of rotatable bonds is 0. The van der Waals surface area contributed by atoms with Gasteiger partial charge in [0.25, 0.3) is 0 Å². The Balaban J connectivity index is 2.67. The molecule has 1 rings (SSSR count). The van der Waals surface area contributed by atoms with E-state index in [9.17, 15) is 9.59 Å². The molecule has 1 aliphatic rings.